The van der Waals surface area contributed by atoms with E-state index in [9.17, 15) is 13.2 Å². The summed E-state index contributed by atoms with van der Waals surface area (Å²) in [4.78, 5) is 14.8. The molecule has 0 unspecified atom stereocenters. The molecule has 5 nitrogen and oxygen atoms in total. The molecular formula is C13H18N2O3S2. The van der Waals surface area contributed by atoms with E-state index < -0.39 is 10.0 Å². The minimum absolute atomic E-state index is 0.129. The summed E-state index contributed by atoms with van der Waals surface area (Å²) in [5.74, 6) is -0.129. The van der Waals surface area contributed by atoms with E-state index in [4.69, 9.17) is 0 Å². The maximum Gasteiger partial charge on any atom is 0.265 e. The van der Waals surface area contributed by atoms with E-state index in [0.717, 1.165) is 38.8 Å². The number of likely N-dealkylation sites (tertiary alicyclic amines) is 1. The summed E-state index contributed by atoms with van der Waals surface area (Å²) >= 11 is 1.23. The Hall–Kier alpha value is -0.920. The number of carbonyl (C=O) groups is 1. The number of hydrogen-bond donors (Lipinski definition) is 0. The quantitative estimate of drug-likeness (QED) is 0.854. The molecule has 2 fully saturated rings. The molecular weight excluding hydrogens is 296 g/mol. The van der Waals surface area contributed by atoms with Crippen LogP contribution in [0.1, 0.15) is 35.4 Å². The zero-order valence-electron chi connectivity index (χ0n) is 11.2. The van der Waals surface area contributed by atoms with Gasteiger partial charge in [-0.15, -0.1) is 11.3 Å². The minimum atomic E-state index is -3.50. The molecule has 0 radical (unpaired) electrons. The fourth-order valence-electron chi connectivity index (χ4n) is 2.79. The first-order valence-corrected chi connectivity index (χ1v) is 9.29. The molecule has 2 aliphatic rings. The van der Waals surface area contributed by atoms with Crippen LogP contribution in [0.2, 0.25) is 0 Å². The Morgan fingerprint density at radius 2 is 1.65 bits per heavy atom. The Bertz CT molecular complexity index is 597. The van der Waals surface area contributed by atoms with Crippen molar-refractivity contribution in [3.05, 3.63) is 16.3 Å². The average molecular weight is 314 g/mol. The van der Waals surface area contributed by atoms with E-state index in [0.29, 0.717) is 18.0 Å². The second-order valence-corrected chi connectivity index (χ2v) is 8.05. The van der Waals surface area contributed by atoms with Crippen LogP contribution in [-0.4, -0.2) is 49.7 Å². The molecule has 0 N–H and O–H groups in total. The minimum Gasteiger partial charge on any atom is -0.338 e. The maximum atomic E-state index is 12.6. The van der Waals surface area contributed by atoms with Gasteiger partial charge in [0.25, 0.3) is 5.91 Å². The molecule has 1 aromatic heterocycles. The molecule has 0 aliphatic carbocycles. The molecule has 0 aromatic carbocycles. The molecule has 20 heavy (non-hydrogen) atoms. The summed E-state index contributed by atoms with van der Waals surface area (Å²) in [5, 5.41) is 1.70. The molecule has 110 valence electrons. The number of sulfonamides is 1. The third-order valence-electron chi connectivity index (χ3n) is 3.90. The van der Waals surface area contributed by atoms with Crippen molar-refractivity contribution >= 4 is 27.3 Å². The highest BCUT2D eigenvalue weighted by Crippen LogP contribution is 2.29. The van der Waals surface area contributed by atoms with Gasteiger partial charge in [-0.05, 0) is 37.1 Å². The lowest BCUT2D eigenvalue weighted by molar-refractivity contribution is 0.0794. The van der Waals surface area contributed by atoms with Gasteiger partial charge in [-0.2, -0.15) is 4.31 Å². The molecule has 0 atom stereocenters. The van der Waals surface area contributed by atoms with Crippen molar-refractivity contribution in [1.29, 1.82) is 0 Å². The van der Waals surface area contributed by atoms with Crippen molar-refractivity contribution in [2.24, 2.45) is 0 Å². The number of hydrogen-bond acceptors (Lipinski definition) is 4. The van der Waals surface area contributed by atoms with Crippen molar-refractivity contribution in [3.8, 4) is 0 Å². The molecule has 1 aromatic rings. The van der Waals surface area contributed by atoms with E-state index in [1.165, 1.54) is 15.6 Å². The summed E-state index contributed by atoms with van der Waals surface area (Å²) in [5.41, 5.74) is 0. The van der Waals surface area contributed by atoms with Gasteiger partial charge >= 0.3 is 0 Å². The van der Waals surface area contributed by atoms with Crippen molar-refractivity contribution < 1.29 is 13.2 Å². The zero-order chi connectivity index (χ0) is 14.2. The molecule has 3 rings (SSSR count). The standard InChI is InChI=1S/C13H18N2O3S2/c16-13(14-6-1-2-7-14)12-11(5-10-19-12)20(17,18)15-8-3-4-9-15/h5,10H,1-4,6-9H2. The van der Waals surface area contributed by atoms with Crippen molar-refractivity contribution in [1.82, 2.24) is 9.21 Å². The van der Waals surface area contributed by atoms with Gasteiger partial charge in [0.05, 0.1) is 0 Å². The Kier molecular flexibility index (Phi) is 3.83. The van der Waals surface area contributed by atoms with Crippen LogP contribution in [0.5, 0.6) is 0 Å². The third kappa shape index (κ3) is 2.38. The molecule has 2 aliphatic heterocycles. The molecule has 0 bridgehead atoms. The molecule has 2 saturated heterocycles. The molecule has 7 heteroatoms. The first-order chi connectivity index (χ1) is 9.60. The summed E-state index contributed by atoms with van der Waals surface area (Å²) in [6, 6.07) is 1.57. The third-order valence-corrected chi connectivity index (χ3v) is 6.87. The van der Waals surface area contributed by atoms with E-state index >= 15 is 0 Å². The van der Waals surface area contributed by atoms with Gasteiger partial charge in [0.2, 0.25) is 10.0 Å². The van der Waals surface area contributed by atoms with Crippen molar-refractivity contribution in [2.45, 2.75) is 30.6 Å². The predicted molar refractivity (Wildman–Crippen MR) is 77.4 cm³/mol. The number of carbonyl (C=O) groups excluding carboxylic acids is 1. The van der Waals surface area contributed by atoms with Crippen LogP contribution in [0.4, 0.5) is 0 Å². The first kappa shape index (κ1) is 14.0. The zero-order valence-corrected chi connectivity index (χ0v) is 12.9. The van der Waals surface area contributed by atoms with Gasteiger partial charge in [-0.3, -0.25) is 4.79 Å². The lowest BCUT2D eigenvalue weighted by Crippen LogP contribution is -2.31. The van der Waals surface area contributed by atoms with E-state index in [1.54, 1.807) is 16.3 Å². The second kappa shape index (κ2) is 5.46. The van der Waals surface area contributed by atoms with Crippen LogP contribution in [0, 0.1) is 0 Å². The summed E-state index contributed by atoms with van der Waals surface area (Å²) in [7, 11) is -3.50. The Morgan fingerprint density at radius 1 is 1.05 bits per heavy atom. The Morgan fingerprint density at radius 3 is 2.30 bits per heavy atom. The summed E-state index contributed by atoms with van der Waals surface area (Å²) < 4.78 is 26.7. The summed E-state index contributed by atoms with van der Waals surface area (Å²) in [6.07, 6.45) is 3.81. The highest BCUT2D eigenvalue weighted by atomic mass is 32.2. The lowest BCUT2D eigenvalue weighted by Gasteiger charge is -2.18. The van der Waals surface area contributed by atoms with E-state index in [1.807, 2.05) is 0 Å². The SMILES string of the molecule is O=C(c1sccc1S(=O)(=O)N1CCCC1)N1CCCC1. The maximum absolute atomic E-state index is 12.6. The van der Waals surface area contributed by atoms with Crippen LogP contribution < -0.4 is 0 Å². The van der Waals surface area contributed by atoms with Crippen molar-refractivity contribution in [3.63, 3.8) is 0 Å². The Labute approximate surface area is 123 Å². The summed E-state index contributed by atoms with van der Waals surface area (Å²) in [6.45, 7) is 2.60. The van der Waals surface area contributed by atoms with Gasteiger partial charge in [-0.25, -0.2) is 8.42 Å². The predicted octanol–water partition coefficient (Wildman–Crippen LogP) is 1.77. The van der Waals surface area contributed by atoms with Crippen molar-refractivity contribution in [2.75, 3.05) is 26.2 Å². The normalized spacial score (nSPS) is 20.7. The fraction of sp³-hybridized carbons (Fsp3) is 0.615. The van der Waals surface area contributed by atoms with Gasteiger partial charge in [0, 0.05) is 26.2 Å². The highest BCUT2D eigenvalue weighted by Gasteiger charge is 2.33. The van der Waals surface area contributed by atoms with Crippen LogP contribution in [0.15, 0.2) is 16.3 Å². The number of rotatable bonds is 3. The van der Waals surface area contributed by atoms with Gasteiger partial charge in [0.1, 0.15) is 9.77 Å². The Balaban J connectivity index is 1.91. The number of amides is 1. The fourth-order valence-corrected chi connectivity index (χ4v) is 5.67. The second-order valence-electron chi connectivity index (χ2n) is 5.22. The van der Waals surface area contributed by atoms with E-state index in [-0.39, 0.29) is 10.8 Å². The van der Waals surface area contributed by atoms with Crippen LogP contribution in [0.25, 0.3) is 0 Å². The molecule has 3 heterocycles. The van der Waals surface area contributed by atoms with E-state index in [2.05, 4.69) is 0 Å². The van der Waals surface area contributed by atoms with Crippen LogP contribution >= 0.6 is 11.3 Å². The van der Waals surface area contributed by atoms with Gasteiger partial charge in [-0.1, -0.05) is 0 Å². The topological polar surface area (TPSA) is 57.7 Å². The van der Waals surface area contributed by atoms with Crippen LogP contribution in [-0.2, 0) is 10.0 Å². The van der Waals surface area contributed by atoms with Gasteiger partial charge < -0.3 is 4.90 Å². The van der Waals surface area contributed by atoms with Crippen LogP contribution in [0.3, 0.4) is 0 Å². The highest BCUT2D eigenvalue weighted by molar-refractivity contribution is 7.89. The average Bonchev–Trinajstić information content (AvgIpc) is 3.17. The smallest absolute Gasteiger partial charge is 0.265 e. The van der Waals surface area contributed by atoms with Gasteiger partial charge in [0.15, 0.2) is 0 Å². The largest absolute Gasteiger partial charge is 0.338 e. The number of thiophene rings is 1. The molecule has 0 saturated carbocycles. The first-order valence-electron chi connectivity index (χ1n) is 6.97. The number of nitrogens with zero attached hydrogens (tertiary/aromatic N) is 2. The molecule has 0 spiro atoms. The monoisotopic (exact) mass is 314 g/mol. The molecule has 1 amide bonds. The lowest BCUT2D eigenvalue weighted by atomic mass is 10.4.